The van der Waals surface area contributed by atoms with Gasteiger partial charge in [0, 0.05) is 0 Å². The summed E-state index contributed by atoms with van der Waals surface area (Å²) in [6.07, 6.45) is 1.29. The summed E-state index contributed by atoms with van der Waals surface area (Å²) in [6, 6.07) is 16.1. The molecule has 9 heteroatoms. The maximum absolute atomic E-state index is 12.2. The molecular formula is C17H17N5O3S. The van der Waals surface area contributed by atoms with E-state index in [9.17, 15) is 8.42 Å². The molecule has 1 aromatic heterocycles. The van der Waals surface area contributed by atoms with E-state index in [0.717, 1.165) is 0 Å². The largest absolute Gasteiger partial charge is 0.496 e. The van der Waals surface area contributed by atoms with E-state index < -0.39 is 10.0 Å². The maximum Gasteiger partial charge on any atom is 0.241 e. The maximum atomic E-state index is 12.2. The van der Waals surface area contributed by atoms with Gasteiger partial charge in [0.25, 0.3) is 0 Å². The summed E-state index contributed by atoms with van der Waals surface area (Å²) in [6.45, 7) is 0. The third kappa shape index (κ3) is 4.52. The average molecular weight is 371 g/mol. The number of nitrogens with one attached hydrogen (secondary N) is 2. The lowest BCUT2D eigenvalue weighted by atomic mass is 10.2. The lowest BCUT2D eigenvalue weighted by Gasteiger charge is -2.10. The number of ether oxygens (including phenoxy) is 1. The normalized spacial score (nSPS) is 11.1. The molecule has 2 N–H and O–H groups in total. The molecule has 2 aromatic carbocycles. The molecule has 0 atom stereocenters. The minimum absolute atomic E-state index is 0.0811. The van der Waals surface area contributed by atoms with E-state index in [4.69, 9.17) is 4.74 Å². The van der Waals surface area contributed by atoms with Crippen molar-refractivity contribution in [2.24, 2.45) is 0 Å². The van der Waals surface area contributed by atoms with Crippen LogP contribution in [0.5, 0.6) is 5.75 Å². The van der Waals surface area contributed by atoms with Crippen LogP contribution in [0.2, 0.25) is 0 Å². The van der Waals surface area contributed by atoms with E-state index in [1.54, 1.807) is 43.5 Å². The molecule has 0 aliphatic carbocycles. The molecule has 0 aliphatic heterocycles. The molecule has 1 heterocycles. The van der Waals surface area contributed by atoms with Crippen molar-refractivity contribution in [2.45, 2.75) is 5.75 Å². The zero-order chi connectivity index (χ0) is 18.4. The molecule has 0 fully saturated rings. The Morgan fingerprint density at radius 2 is 1.73 bits per heavy atom. The number of para-hydroxylation sites is 1. The Hall–Kier alpha value is -3.04. The molecule has 0 amide bonds. The lowest BCUT2D eigenvalue weighted by molar-refractivity contribution is 0.416. The van der Waals surface area contributed by atoms with Gasteiger partial charge in [0.05, 0.1) is 18.4 Å². The average Bonchev–Trinajstić information content (AvgIpc) is 2.67. The summed E-state index contributed by atoms with van der Waals surface area (Å²) >= 11 is 0. The Bertz CT molecular complexity index is 980. The highest BCUT2D eigenvalue weighted by Crippen LogP contribution is 2.26. The number of hydrogen-bond donors (Lipinski definition) is 2. The highest BCUT2D eigenvalue weighted by atomic mass is 32.2. The molecule has 134 valence electrons. The molecule has 8 nitrogen and oxygen atoms in total. The van der Waals surface area contributed by atoms with Crippen molar-refractivity contribution in [3.63, 3.8) is 0 Å². The number of aromatic nitrogens is 3. The van der Waals surface area contributed by atoms with Crippen molar-refractivity contribution in [3.05, 3.63) is 66.5 Å². The SMILES string of the molecule is COc1ccccc1-c1ncnc(NNS(=O)(=O)Cc2ccccc2)n1. The van der Waals surface area contributed by atoms with Gasteiger partial charge >= 0.3 is 0 Å². The summed E-state index contributed by atoms with van der Waals surface area (Å²) in [5.41, 5.74) is 3.86. The Morgan fingerprint density at radius 3 is 2.50 bits per heavy atom. The molecule has 0 saturated carbocycles. The minimum atomic E-state index is -3.61. The second kappa shape index (κ2) is 7.89. The van der Waals surface area contributed by atoms with Crippen LogP contribution in [0.3, 0.4) is 0 Å². The highest BCUT2D eigenvalue weighted by molar-refractivity contribution is 7.88. The van der Waals surface area contributed by atoms with Gasteiger partial charge in [0.1, 0.15) is 12.1 Å². The van der Waals surface area contributed by atoms with Crippen LogP contribution in [0.25, 0.3) is 11.4 Å². The Kier molecular flexibility index (Phi) is 5.40. The van der Waals surface area contributed by atoms with Crippen molar-refractivity contribution in [1.29, 1.82) is 0 Å². The van der Waals surface area contributed by atoms with Gasteiger partial charge in [-0.15, -0.1) is 4.83 Å². The van der Waals surface area contributed by atoms with Gasteiger partial charge in [-0.2, -0.15) is 4.98 Å². The first-order valence-corrected chi connectivity index (χ1v) is 9.34. The molecule has 26 heavy (non-hydrogen) atoms. The van der Waals surface area contributed by atoms with Crippen LogP contribution in [-0.4, -0.2) is 30.5 Å². The summed E-state index contributed by atoms with van der Waals surface area (Å²) in [5, 5.41) is 0. The summed E-state index contributed by atoms with van der Waals surface area (Å²) < 4.78 is 29.6. The molecule has 0 aliphatic rings. The van der Waals surface area contributed by atoms with Crippen LogP contribution in [0, 0.1) is 0 Å². The van der Waals surface area contributed by atoms with Crippen LogP contribution in [-0.2, 0) is 15.8 Å². The first-order valence-electron chi connectivity index (χ1n) is 7.69. The molecule has 0 bridgehead atoms. The standard InChI is InChI=1S/C17H17N5O3S/c1-25-15-10-6-5-9-14(15)16-18-12-19-17(20-16)21-22-26(23,24)11-13-7-3-2-4-8-13/h2-10,12,22H,11H2,1H3,(H,18,19,20,21). The van der Waals surface area contributed by atoms with E-state index in [1.165, 1.54) is 6.33 Å². The second-order valence-electron chi connectivity index (χ2n) is 5.30. The van der Waals surface area contributed by atoms with Gasteiger partial charge in [-0.25, -0.2) is 18.4 Å². The van der Waals surface area contributed by atoms with E-state index in [1.807, 2.05) is 18.2 Å². The second-order valence-corrected chi connectivity index (χ2v) is 7.03. The number of nitrogens with zero attached hydrogens (tertiary/aromatic N) is 3. The lowest BCUT2D eigenvalue weighted by Crippen LogP contribution is -2.31. The number of rotatable bonds is 7. The number of sulfonamides is 1. The third-order valence-electron chi connectivity index (χ3n) is 3.44. The van der Waals surface area contributed by atoms with Gasteiger partial charge in [-0.3, -0.25) is 5.43 Å². The van der Waals surface area contributed by atoms with Gasteiger partial charge in [0.15, 0.2) is 5.82 Å². The zero-order valence-corrected chi connectivity index (χ0v) is 14.8. The highest BCUT2D eigenvalue weighted by Gasteiger charge is 2.13. The van der Waals surface area contributed by atoms with Crippen molar-refractivity contribution < 1.29 is 13.2 Å². The number of hydrazine groups is 1. The van der Waals surface area contributed by atoms with Gasteiger partial charge in [-0.1, -0.05) is 42.5 Å². The molecule has 0 saturated heterocycles. The Morgan fingerprint density at radius 1 is 1.00 bits per heavy atom. The van der Waals surface area contributed by atoms with E-state index in [-0.39, 0.29) is 11.7 Å². The zero-order valence-electron chi connectivity index (χ0n) is 14.0. The smallest absolute Gasteiger partial charge is 0.241 e. The van der Waals surface area contributed by atoms with Crippen molar-refractivity contribution >= 4 is 16.0 Å². The predicted molar refractivity (Wildman–Crippen MR) is 97.6 cm³/mol. The molecule has 0 unspecified atom stereocenters. The number of anilines is 1. The van der Waals surface area contributed by atoms with Gasteiger partial charge < -0.3 is 4.74 Å². The molecule has 0 spiro atoms. The molecular weight excluding hydrogens is 354 g/mol. The molecule has 0 radical (unpaired) electrons. The van der Waals surface area contributed by atoms with E-state index >= 15 is 0 Å². The van der Waals surface area contributed by atoms with Crippen molar-refractivity contribution in [1.82, 2.24) is 19.8 Å². The number of methoxy groups -OCH3 is 1. The van der Waals surface area contributed by atoms with Gasteiger partial charge in [0.2, 0.25) is 16.0 Å². The van der Waals surface area contributed by atoms with E-state index in [2.05, 4.69) is 25.2 Å². The van der Waals surface area contributed by atoms with Crippen molar-refractivity contribution in [3.8, 4) is 17.1 Å². The fourth-order valence-electron chi connectivity index (χ4n) is 2.27. The number of hydrogen-bond acceptors (Lipinski definition) is 7. The monoisotopic (exact) mass is 371 g/mol. The van der Waals surface area contributed by atoms with Crippen LogP contribution in [0.4, 0.5) is 5.95 Å². The quantitative estimate of drug-likeness (QED) is 0.612. The third-order valence-corrected chi connectivity index (χ3v) is 4.56. The first-order chi connectivity index (χ1) is 12.6. The fourth-order valence-corrected chi connectivity index (χ4v) is 3.22. The Balaban J connectivity index is 1.73. The van der Waals surface area contributed by atoms with E-state index in [0.29, 0.717) is 22.7 Å². The molecule has 3 rings (SSSR count). The van der Waals surface area contributed by atoms with Gasteiger partial charge in [-0.05, 0) is 17.7 Å². The summed E-state index contributed by atoms with van der Waals surface area (Å²) in [4.78, 5) is 14.5. The Labute approximate surface area is 151 Å². The van der Waals surface area contributed by atoms with Crippen LogP contribution in [0.1, 0.15) is 5.56 Å². The van der Waals surface area contributed by atoms with Crippen LogP contribution >= 0.6 is 0 Å². The minimum Gasteiger partial charge on any atom is -0.496 e. The van der Waals surface area contributed by atoms with Crippen LogP contribution < -0.4 is 15.0 Å². The fraction of sp³-hybridized carbons (Fsp3) is 0.118. The van der Waals surface area contributed by atoms with Crippen molar-refractivity contribution in [2.75, 3.05) is 12.5 Å². The van der Waals surface area contributed by atoms with Crippen LogP contribution in [0.15, 0.2) is 60.9 Å². The predicted octanol–water partition coefficient (Wildman–Crippen LogP) is 1.99. The topological polar surface area (TPSA) is 106 Å². The first kappa shape index (κ1) is 17.8. The summed E-state index contributed by atoms with van der Waals surface area (Å²) in [5.74, 6) is 0.889. The number of benzene rings is 2. The molecule has 3 aromatic rings. The summed E-state index contributed by atoms with van der Waals surface area (Å²) in [7, 11) is -2.06.